The summed E-state index contributed by atoms with van der Waals surface area (Å²) in [6.45, 7) is 4.15. The van der Waals surface area contributed by atoms with E-state index in [1.807, 2.05) is 54.6 Å². The Balaban J connectivity index is 1.90. The molecule has 0 saturated heterocycles. The Hall–Kier alpha value is -3.21. The Kier molecular flexibility index (Phi) is 3.92. The van der Waals surface area contributed by atoms with Gasteiger partial charge in [-0.25, -0.2) is 4.79 Å². The zero-order valence-electron chi connectivity index (χ0n) is 15.0. The van der Waals surface area contributed by atoms with E-state index in [-0.39, 0.29) is 11.6 Å². The molecular weight excluding hydrogens is 324 g/mol. The van der Waals surface area contributed by atoms with Crippen LogP contribution in [0.25, 0.3) is 33.4 Å². The van der Waals surface area contributed by atoms with Gasteiger partial charge in [0.25, 0.3) is 0 Å². The lowest BCUT2D eigenvalue weighted by atomic mass is 10.0. The zero-order valence-corrected chi connectivity index (χ0v) is 15.0. The van der Waals surface area contributed by atoms with Crippen molar-refractivity contribution in [3.63, 3.8) is 0 Å². The molecule has 2 aromatic heterocycles. The maximum atomic E-state index is 12.3. The third-order valence-electron chi connectivity index (χ3n) is 4.67. The molecule has 0 aliphatic carbocycles. The van der Waals surface area contributed by atoms with Gasteiger partial charge in [-0.2, -0.15) is 10.1 Å². The van der Waals surface area contributed by atoms with Gasteiger partial charge in [-0.15, -0.1) is 0 Å². The lowest BCUT2D eigenvalue weighted by Crippen LogP contribution is -2.24. The van der Waals surface area contributed by atoms with Crippen LogP contribution in [0.15, 0.2) is 59.4 Å². The molecule has 0 aliphatic rings. The number of aromatic amines is 1. The molecule has 4 aromatic rings. The van der Waals surface area contributed by atoms with Gasteiger partial charge in [-0.3, -0.25) is 9.67 Å². The fraction of sp³-hybridized carbons (Fsp3) is 0.190. The summed E-state index contributed by atoms with van der Waals surface area (Å²) in [5.41, 5.74) is 5.25. The molecule has 0 amide bonds. The maximum Gasteiger partial charge on any atom is 0.348 e. The number of benzene rings is 2. The predicted octanol–water partition coefficient (Wildman–Crippen LogP) is 4.11. The third kappa shape index (κ3) is 2.71. The van der Waals surface area contributed by atoms with Gasteiger partial charge in [-0.1, -0.05) is 50.2 Å². The van der Waals surface area contributed by atoms with E-state index < -0.39 is 0 Å². The van der Waals surface area contributed by atoms with Crippen LogP contribution in [0.4, 0.5) is 0 Å². The second-order valence-corrected chi connectivity index (χ2v) is 6.76. The van der Waals surface area contributed by atoms with Crippen LogP contribution in [-0.4, -0.2) is 19.7 Å². The molecule has 5 heteroatoms. The predicted molar refractivity (Wildman–Crippen MR) is 104 cm³/mol. The van der Waals surface area contributed by atoms with Crippen LogP contribution in [0.5, 0.6) is 0 Å². The number of H-pyrrole nitrogens is 1. The molecular formula is C21H20N4O. The number of fused-ring (bicyclic) bond motifs is 1. The van der Waals surface area contributed by atoms with Crippen molar-refractivity contribution in [1.29, 1.82) is 0 Å². The number of rotatable bonds is 3. The van der Waals surface area contributed by atoms with E-state index in [1.165, 1.54) is 0 Å². The Morgan fingerprint density at radius 1 is 1.00 bits per heavy atom. The van der Waals surface area contributed by atoms with Crippen LogP contribution in [0.1, 0.15) is 25.5 Å². The number of nitrogens with one attached hydrogen (secondary N) is 1. The van der Waals surface area contributed by atoms with Crippen molar-refractivity contribution in [3.8, 4) is 22.5 Å². The SMILES string of the molecule is CC(C)c1cc(-c2ccc3[nH]nc(-c4ccccc4)c3c2)nc(=O)n1C. The van der Waals surface area contributed by atoms with Gasteiger partial charge in [0.05, 0.1) is 16.9 Å². The first-order valence-corrected chi connectivity index (χ1v) is 8.66. The van der Waals surface area contributed by atoms with Gasteiger partial charge >= 0.3 is 5.69 Å². The molecule has 26 heavy (non-hydrogen) atoms. The summed E-state index contributed by atoms with van der Waals surface area (Å²) >= 11 is 0. The number of hydrogen-bond donors (Lipinski definition) is 1. The molecule has 0 unspecified atom stereocenters. The van der Waals surface area contributed by atoms with Crippen molar-refractivity contribution in [2.24, 2.45) is 7.05 Å². The van der Waals surface area contributed by atoms with Crippen LogP contribution in [0, 0.1) is 0 Å². The van der Waals surface area contributed by atoms with Crippen molar-refractivity contribution in [3.05, 3.63) is 70.8 Å². The van der Waals surface area contributed by atoms with Gasteiger partial charge in [0.15, 0.2) is 0 Å². The van der Waals surface area contributed by atoms with Crippen LogP contribution in [0.3, 0.4) is 0 Å². The van der Waals surface area contributed by atoms with Gasteiger partial charge in [-0.05, 0) is 24.1 Å². The Bertz CT molecular complexity index is 1140. The van der Waals surface area contributed by atoms with Crippen molar-refractivity contribution in [1.82, 2.24) is 19.7 Å². The minimum absolute atomic E-state index is 0.234. The van der Waals surface area contributed by atoms with E-state index in [2.05, 4.69) is 29.0 Å². The molecule has 0 aliphatic heterocycles. The van der Waals surface area contributed by atoms with E-state index in [0.29, 0.717) is 5.69 Å². The van der Waals surface area contributed by atoms with Crippen molar-refractivity contribution in [2.75, 3.05) is 0 Å². The molecule has 4 rings (SSSR count). The molecule has 2 aromatic carbocycles. The number of nitrogens with zero attached hydrogens (tertiary/aromatic N) is 3. The first-order chi connectivity index (χ1) is 12.5. The third-order valence-corrected chi connectivity index (χ3v) is 4.67. The standard InChI is InChI=1S/C21H20N4O/c1-13(2)19-12-18(22-21(26)25(19)3)15-9-10-17-16(11-15)20(24-23-17)14-7-5-4-6-8-14/h4-13H,1-3H3,(H,23,24). The van der Waals surface area contributed by atoms with Crippen LogP contribution in [-0.2, 0) is 7.05 Å². The Morgan fingerprint density at radius 2 is 1.77 bits per heavy atom. The van der Waals surface area contributed by atoms with E-state index in [4.69, 9.17) is 0 Å². The highest BCUT2D eigenvalue weighted by atomic mass is 16.1. The lowest BCUT2D eigenvalue weighted by molar-refractivity contribution is 0.686. The quantitative estimate of drug-likeness (QED) is 0.608. The minimum Gasteiger partial charge on any atom is -0.299 e. The highest BCUT2D eigenvalue weighted by molar-refractivity contribution is 5.95. The average molecular weight is 344 g/mol. The molecule has 5 nitrogen and oxygen atoms in total. The smallest absolute Gasteiger partial charge is 0.299 e. The van der Waals surface area contributed by atoms with Crippen molar-refractivity contribution >= 4 is 10.9 Å². The summed E-state index contributed by atoms with van der Waals surface area (Å²) in [6, 6.07) is 18.1. The summed E-state index contributed by atoms with van der Waals surface area (Å²) < 4.78 is 1.61. The summed E-state index contributed by atoms with van der Waals surface area (Å²) in [4.78, 5) is 16.5. The molecule has 1 N–H and O–H groups in total. The first kappa shape index (κ1) is 16.3. The fourth-order valence-electron chi connectivity index (χ4n) is 3.25. The summed E-state index contributed by atoms with van der Waals surface area (Å²) in [5.74, 6) is 0.243. The van der Waals surface area contributed by atoms with E-state index in [9.17, 15) is 4.79 Å². The Labute approximate surface area is 151 Å². The number of aromatic nitrogens is 4. The molecule has 0 radical (unpaired) electrons. The summed E-state index contributed by atoms with van der Waals surface area (Å²) in [5, 5.41) is 8.56. The van der Waals surface area contributed by atoms with Crippen molar-refractivity contribution in [2.45, 2.75) is 19.8 Å². The Morgan fingerprint density at radius 3 is 2.50 bits per heavy atom. The highest BCUT2D eigenvalue weighted by Gasteiger charge is 2.13. The average Bonchev–Trinajstić information content (AvgIpc) is 3.07. The van der Waals surface area contributed by atoms with E-state index in [1.54, 1.807) is 11.6 Å². The molecule has 0 spiro atoms. The highest BCUT2D eigenvalue weighted by Crippen LogP contribution is 2.30. The second kappa shape index (κ2) is 6.26. The molecule has 130 valence electrons. The molecule has 0 bridgehead atoms. The largest absolute Gasteiger partial charge is 0.348 e. The molecule has 2 heterocycles. The first-order valence-electron chi connectivity index (χ1n) is 8.66. The van der Waals surface area contributed by atoms with E-state index in [0.717, 1.165) is 33.4 Å². The topological polar surface area (TPSA) is 63.6 Å². The zero-order chi connectivity index (χ0) is 18.3. The fourth-order valence-corrected chi connectivity index (χ4v) is 3.25. The van der Waals surface area contributed by atoms with Crippen molar-refractivity contribution < 1.29 is 0 Å². The minimum atomic E-state index is -0.234. The normalized spacial score (nSPS) is 11.4. The van der Waals surface area contributed by atoms with Crippen LogP contribution in [0.2, 0.25) is 0 Å². The second-order valence-electron chi connectivity index (χ2n) is 6.76. The molecule has 0 saturated carbocycles. The number of hydrogen-bond acceptors (Lipinski definition) is 3. The summed E-state index contributed by atoms with van der Waals surface area (Å²) in [7, 11) is 1.77. The molecule has 0 fully saturated rings. The monoisotopic (exact) mass is 344 g/mol. The van der Waals surface area contributed by atoms with Gasteiger partial charge in [0.2, 0.25) is 0 Å². The van der Waals surface area contributed by atoms with Gasteiger partial charge in [0, 0.05) is 29.3 Å². The molecule has 0 atom stereocenters. The van der Waals surface area contributed by atoms with Crippen LogP contribution < -0.4 is 5.69 Å². The van der Waals surface area contributed by atoms with Gasteiger partial charge in [0.1, 0.15) is 0 Å². The van der Waals surface area contributed by atoms with E-state index >= 15 is 0 Å². The van der Waals surface area contributed by atoms with Gasteiger partial charge < -0.3 is 0 Å². The maximum absolute atomic E-state index is 12.3. The van der Waals surface area contributed by atoms with Crippen LogP contribution >= 0.6 is 0 Å². The lowest BCUT2D eigenvalue weighted by Gasteiger charge is -2.12. The summed E-state index contributed by atoms with van der Waals surface area (Å²) in [6.07, 6.45) is 0.